The molecule has 1 aromatic rings. The predicted octanol–water partition coefficient (Wildman–Crippen LogP) is 3.01. The number of urea groups is 1. The van der Waals surface area contributed by atoms with Gasteiger partial charge in [-0.05, 0) is 24.3 Å². The molecule has 1 aliphatic carbocycles. The number of amides is 2. The molecule has 0 spiro atoms. The van der Waals surface area contributed by atoms with Gasteiger partial charge in [0, 0.05) is 18.6 Å². The van der Waals surface area contributed by atoms with Crippen molar-refractivity contribution in [1.82, 2.24) is 10.6 Å². The third kappa shape index (κ3) is 4.88. The summed E-state index contributed by atoms with van der Waals surface area (Å²) in [6.07, 6.45) is 5.59. The lowest BCUT2D eigenvalue weighted by molar-refractivity contribution is 0.227. The molecule has 0 aliphatic heterocycles. The van der Waals surface area contributed by atoms with Crippen LogP contribution in [-0.4, -0.2) is 23.8 Å². The summed E-state index contributed by atoms with van der Waals surface area (Å²) in [5.41, 5.74) is 1.13. The third-order valence-electron chi connectivity index (χ3n) is 3.94. The Morgan fingerprint density at radius 1 is 1.27 bits per heavy atom. The first-order valence-corrected chi connectivity index (χ1v) is 7.99. The predicted molar refractivity (Wildman–Crippen MR) is 88.4 cm³/mol. The quantitative estimate of drug-likeness (QED) is 0.707. The number of hydrogen-bond donors (Lipinski definition) is 3. The van der Waals surface area contributed by atoms with Crippen molar-refractivity contribution >= 4 is 6.03 Å². The van der Waals surface area contributed by atoms with Crippen LogP contribution in [0.3, 0.4) is 0 Å². The van der Waals surface area contributed by atoms with Gasteiger partial charge in [-0.15, -0.1) is 0 Å². The number of aliphatic hydroxyl groups excluding tert-OH is 1. The second-order valence-electron chi connectivity index (χ2n) is 6.38. The average molecular weight is 302 g/mol. The first-order chi connectivity index (χ1) is 10.6. The molecule has 0 radical (unpaired) electrons. The summed E-state index contributed by atoms with van der Waals surface area (Å²) >= 11 is 0. The fourth-order valence-corrected chi connectivity index (χ4v) is 2.82. The standard InChI is InChI=1S/C18H26N2O2/c1-13(2)10-17(15-6-4-3-5-7-15)20-18(22)19-16-9-8-14(11-16)12-21/h3-9,13-14,16-17,21H,10-12H2,1-2H3,(H2,19,20,22)/t14-,16+,17?/m0/s1. The molecule has 2 amide bonds. The Bertz CT molecular complexity index is 499. The summed E-state index contributed by atoms with van der Waals surface area (Å²) in [5.74, 6) is 0.654. The minimum Gasteiger partial charge on any atom is -0.396 e. The van der Waals surface area contributed by atoms with Crippen LogP contribution in [-0.2, 0) is 0 Å². The largest absolute Gasteiger partial charge is 0.396 e. The smallest absolute Gasteiger partial charge is 0.315 e. The van der Waals surface area contributed by atoms with E-state index in [1.807, 2.05) is 42.5 Å². The lowest BCUT2D eigenvalue weighted by Gasteiger charge is -2.22. The van der Waals surface area contributed by atoms with Gasteiger partial charge in [0.25, 0.3) is 0 Å². The van der Waals surface area contributed by atoms with E-state index in [9.17, 15) is 4.79 Å². The molecule has 1 aliphatic rings. The fraction of sp³-hybridized carbons (Fsp3) is 0.500. The van der Waals surface area contributed by atoms with Gasteiger partial charge in [-0.3, -0.25) is 0 Å². The first kappa shape index (κ1) is 16.6. The van der Waals surface area contributed by atoms with Crippen LogP contribution in [0.25, 0.3) is 0 Å². The Hall–Kier alpha value is -1.81. The molecule has 0 fully saturated rings. The van der Waals surface area contributed by atoms with Gasteiger partial charge in [0.2, 0.25) is 0 Å². The number of carbonyl (C=O) groups excluding carboxylic acids is 1. The Kier molecular flexibility index (Phi) is 6.01. The Morgan fingerprint density at radius 2 is 2.00 bits per heavy atom. The van der Waals surface area contributed by atoms with Crippen LogP contribution in [0.4, 0.5) is 4.79 Å². The molecule has 0 aromatic heterocycles. The van der Waals surface area contributed by atoms with Gasteiger partial charge >= 0.3 is 6.03 Å². The van der Waals surface area contributed by atoms with E-state index in [0.717, 1.165) is 18.4 Å². The van der Waals surface area contributed by atoms with Crippen molar-refractivity contribution in [2.75, 3.05) is 6.61 Å². The maximum absolute atomic E-state index is 12.2. The van der Waals surface area contributed by atoms with E-state index in [2.05, 4.69) is 24.5 Å². The van der Waals surface area contributed by atoms with E-state index in [4.69, 9.17) is 5.11 Å². The lowest BCUT2D eigenvalue weighted by Crippen LogP contribution is -2.42. The van der Waals surface area contributed by atoms with E-state index >= 15 is 0 Å². The highest BCUT2D eigenvalue weighted by atomic mass is 16.3. The van der Waals surface area contributed by atoms with Gasteiger partial charge < -0.3 is 15.7 Å². The van der Waals surface area contributed by atoms with E-state index in [-0.39, 0.29) is 30.6 Å². The Labute approximate surface area is 132 Å². The Morgan fingerprint density at radius 3 is 2.59 bits per heavy atom. The maximum Gasteiger partial charge on any atom is 0.315 e. The number of benzene rings is 1. The van der Waals surface area contributed by atoms with Crippen LogP contribution in [0, 0.1) is 11.8 Å². The van der Waals surface area contributed by atoms with Crippen LogP contribution in [0.1, 0.15) is 38.3 Å². The molecule has 0 heterocycles. The van der Waals surface area contributed by atoms with Crippen molar-refractivity contribution in [1.29, 1.82) is 0 Å². The van der Waals surface area contributed by atoms with Gasteiger partial charge in [0.15, 0.2) is 0 Å². The topological polar surface area (TPSA) is 61.4 Å². The van der Waals surface area contributed by atoms with Crippen LogP contribution < -0.4 is 10.6 Å². The van der Waals surface area contributed by atoms with Gasteiger partial charge in [-0.2, -0.15) is 0 Å². The molecule has 0 bridgehead atoms. The van der Waals surface area contributed by atoms with Crippen LogP contribution >= 0.6 is 0 Å². The lowest BCUT2D eigenvalue weighted by atomic mass is 9.97. The molecule has 3 N–H and O–H groups in total. The molecular formula is C18H26N2O2. The first-order valence-electron chi connectivity index (χ1n) is 7.99. The highest BCUT2D eigenvalue weighted by Gasteiger charge is 2.21. The third-order valence-corrected chi connectivity index (χ3v) is 3.94. The summed E-state index contributed by atoms with van der Waals surface area (Å²) in [4.78, 5) is 12.2. The number of aliphatic hydroxyl groups is 1. The van der Waals surface area contributed by atoms with Crippen molar-refractivity contribution in [3.8, 4) is 0 Å². The zero-order chi connectivity index (χ0) is 15.9. The molecule has 120 valence electrons. The minimum atomic E-state index is -0.150. The van der Waals surface area contributed by atoms with E-state index < -0.39 is 0 Å². The highest BCUT2D eigenvalue weighted by Crippen LogP contribution is 2.21. The summed E-state index contributed by atoms with van der Waals surface area (Å²) < 4.78 is 0. The van der Waals surface area contributed by atoms with E-state index in [0.29, 0.717) is 5.92 Å². The maximum atomic E-state index is 12.2. The molecule has 0 saturated carbocycles. The van der Waals surface area contributed by atoms with Crippen LogP contribution in [0.2, 0.25) is 0 Å². The number of nitrogens with one attached hydrogen (secondary N) is 2. The monoisotopic (exact) mass is 302 g/mol. The average Bonchev–Trinajstić information content (AvgIpc) is 2.94. The molecule has 4 heteroatoms. The molecule has 4 nitrogen and oxygen atoms in total. The van der Waals surface area contributed by atoms with Crippen molar-refractivity contribution in [2.24, 2.45) is 11.8 Å². The van der Waals surface area contributed by atoms with Crippen LogP contribution in [0.15, 0.2) is 42.5 Å². The molecular weight excluding hydrogens is 276 g/mol. The highest BCUT2D eigenvalue weighted by molar-refractivity contribution is 5.75. The van der Waals surface area contributed by atoms with Gasteiger partial charge in [0.05, 0.1) is 6.04 Å². The minimum absolute atomic E-state index is 0.00706. The van der Waals surface area contributed by atoms with Gasteiger partial charge in [-0.25, -0.2) is 4.79 Å². The van der Waals surface area contributed by atoms with E-state index in [1.54, 1.807) is 0 Å². The number of hydrogen-bond acceptors (Lipinski definition) is 2. The van der Waals surface area contributed by atoms with Crippen molar-refractivity contribution in [3.63, 3.8) is 0 Å². The second-order valence-corrected chi connectivity index (χ2v) is 6.38. The summed E-state index contributed by atoms with van der Waals surface area (Å²) in [5, 5.41) is 15.2. The zero-order valence-corrected chi connectivity index (χ0v) is 13.3. The summed E-state index contributed by atoms with van der Waals surface area (Å²) in [6, 6.07) is 9.93. The van der Waals surface area contributed by atoms with Gasteiger partial charge in [-0.1, -0.05) is 56.3 Å². The Balaban J connectivity index is 1.93. The fourth-order valence-electron chi connectivity index (χ4n) is 2.82. The number of rotatable bonds is 6. The van der Waals surface area contributed by atoms with Gasteiger partial charge in [0.1, 0.15) is 0 Å². The molecule has 0 saturated heterocycles. The molecule has 1 aromatic carbocycles. The van der Waals surface area contributed by atoms with Crippen molar-refractivity contribution < 1.29 is 9.90 Å². The molecule has 1 unspecified atom stereocenters. The molecule has 2 rings (SSSR count). The molecule has 3 atom stereocenters. The number of carbonyl (C=O) groups is 1. The van der Waals surface area contributed by atoms with Crippen LogP contribution in [0.5, 0.6) is 0 Å². The zero-order valence-electron chi connectivity index (χ0n) is 13.3. The summed E-state index contributed by atoms with van der Waals surface area (Å²) in [7, 11) is 0. The van der Waals surface area contributed by atoms with E-state index in [1.165, 1.54) is 0 Å². The van der Waals surface area contributed by atoms with Crippen molar-refractivity contribution in [3.05, 3.63) is 48.0 Å². The normalized spacial score (nSPS) is 21.8. The van der Waals surface area contributed by atoms with Crippen molar-refractivity contribution in [2.45, 2.75) is 38.8 Å². The summed E-state index contributed by atoms with van der Waals surface area (Å²) in [6.45, 7) is 4.44. The second kappa shape index (κ2) is 7.99. The SMILES string of the molecule is CC(C)CC(NC(=O)N[C@@H]1C=C[C@H](CO)C1)c1ccccc1. The molecule has 22 heavy (non-hydrogen) atoms.